The lowest BCUT2D eigenvalue weighted by Gasteiger charge is -2.11. The minimum Gasteiger partial charge on any atom is -0.462 e. The van der Waals surface area contributed by atoms with Gasteiger partial charge in [-0.1, -0.05) is 0 Å². The third kappa shape index (κ3) is 4.46. The van der Waals surface area contributed by atoms with Crippen LogP contribution in [0.15, 0.2) is 16.5 Å². The summed E-state index contributed by atoms with van der Waals surface area (Å²) in [5.74, 6) is 1.42. The number of nitrogens with one attached hydrogen (secondary N) is 1. The molecule has 0 spiro atoms. The van der Waals surface area contributed by atoms with Crippen LogP contribution in [0.5, 0.6) is 0 Å². The number of hydrogen-bond acceptors (Lipinski definition) is 4. The number of furan rings is 1. The van der Waals surface area contributed by atoms with Gasteiger partial charge in [-0.2, -0.15) is 0 Å². The molecule has 3 N–H and O–H groups in total. The van der Waals surface area contributed by atoms with E-state index in [4.69, 9.17) is 14.6 Å². The number of hydrogen-bond donors (Lipinski definition) is 3. The van der Waals surface area contributed by atoms with Gasteiger partial charge in [-0.05, 0) is 31.9 Å². The first-order valence-corrected chi connectivity index (χ1v) is 5.29. The van der Waals surface area contributed by atoms with Gasteiger partial charge in [0, 0.05) is 12.6 Å². The van der Waals surface area contributed by atoms with Crippen molar-refractivity contribution in [1.29, 1.82) is 0 Å². The van der Waals surface area contributed by atoms with E-state index in [1.54, 1.807) is 6.07 Å². The molecule has 0 amide bonds. The predicted molar refractivity (Wildman–Crippen MR) is 57.3 cm³/mol. The van der Waals surface area contributed by atoms with Crippen molar-refractivity contribution in [3.8, 4) is 0 Å². The van der Waals surface area contributed by atoms with Crippen LogP contribution in [0.4, 0.5) is 0 Å². The highest BCUT2D eigenvalue weighted by Crippen LogP contribution is 2.08. The molecule has 1 aromatic heterocycles. The third-order valence-corrected chi connectivity index (χ3v) is 2.29. The number of aliphatic hydroxyl groups is 2. The molecule has 1 atom stereocenters. The van der Waals surface area contributed by atoms with E-state index in [9.17, 15) is 0 Å². The molecule has 0 aliphatic heterocycles. The Balaban J connectivity index is 2.24. The van der Waals surface area contributed by atoms with Crippen LogP contribution in [-0.4, -0.2) is 22.9 Å². The second-order valence-corrected chi connectivity index (χ2v) is 3.67. The summed E-state index contributed by atoms with van der Waals surface area (Å²) >= 11 is 0. The van der Waals surface area contributed by atoms with Crippen molar-refractivity contribution in [2.45, 2.75) is 39.0 Å². The standard InChI is InChI=1S/C11H19NO3/c1-9(3-2-6-13)12-7-10-4-5-11(8-14)15-10/h4-5,9,12-14H,2-3,6-8H2,1H3. The Hall–Kier alpha value is -0.840. The Bertz CT molecular complexity index is 273. The van der Waals surface area contributed by atoms with Crippen molar-refractivity contribution in [2.75, 3.05) is 6.61 Å². The minimum atomic E-state index is -0.0555. The van der Waals surface area contributed by atoms with Gasteiger partial charge in [0.2, 0.25) is 0 Å². The summed E-state index contributed by atoms with van der Waals surface area (Å²) in [6, 6.07) is 3.99. The molecule has 0 aliphatic carbocycles. The number of aliphatic hydroxyl groups excluding tert-OH is 2. The summed E-state index contributed by atoms with van der Waals surface area (Å²) < 4.78 is 5.33. The summed E-state index contributed by atoms with van der Waals surface area (Å²) in [6.07, 6.45) is 1.76. The maximum absolute atomic E-state index is 8.80. The summed E-state index contributed by atoms with van der Waals surface area (Å²) in [4.78, 5) is 0. The van der Waals surface area contributed by atoms with E-state index in [1.807, 2.05) is 6.07 Å². The lowest BCUT2D eigenvalue weighted by atomic mass is 10.2. The topological polar surface area (TPSA) is 65.6 Å². The maximum atomic E-state index is 8.80. The van der Waals surface area contributed by atoms with Gasteiger partial charge >= 0.3 is 0 Å². The fourth-order valence-electron chi connectivity index (χ4n) is 1.38. The van der Waals surface area contributed by atoms with Gasteiger partial charge in [0.1, 0.15) is 18.1 Å². The largest absolute Gasteiger partial charge is 0.462 e. The molecule has 0 aliphatic rings. The third-order valence-electron chi connectivity index (χ3n) is 2.29. The van der Waals surface area contributed by atoms with Crippen LogP contribution in [0.1, 0.15) is 31.3 Å². The van der Waals surface area contributed by atoms with Crippen LogP contribution in [-0.2, 0) is 13.2 Å². The van der Waals surface area contributed by atoms with Gasteiger partial charge in [0.15, 0.2) is 0 Å². The molecule has 1 aromatic rings. The maximum Gasteiger partial charge on any atom is 0.129 e. The molecular formula is C11H19NO3. The van der Waals surface area contributed by atoms with Crippen molar-refractivity contribution in [3.05, 3.63) is 23.7 Å². The van der Waals surface area contributed by atoms with Gasteiger partial charge in [0.25, 0.3) is 0 Å². The predicted octanol–water partition coefficient (Wildman–Crippen LogP) is 1.02. The van der Waals surface area contributed by atoms with Gasteiger partial charge < -0.3 is 19.9 Å². The smallest absolute Gasteiger partial charge is 0.129 e. The Kier molecular flexibility index (Phi) is 5.39. The van der Waals surface area contributed by atoms with Gasteiger partial charge in [0.05, 0.1) is 6.54 Å². The summed E-state index contributed by atoms with van der Waals surface area (Å²) in [6.45, 7) is 2.92. The highest BCUT2D eigenvalue weighted by atomic mass is 16.4. The number of rotatable bonds is 7. The Morgan fingerprint density at radius 3 is 2.67 bits per heavy atom. The van der Waals surface area contributed by atoms with E-state index in [2.05, 4.69) is 12.2 Å². The van der Waals surface area contributed by atoms with E-state index in [0.717, 1.165) is 18.6 Å². The highest BCUT2D eigenvalue weighted by Gasteiger charge is 2.04. The van der Waals surface area contributed by atoms with Crippen LogP contribution >= 0.6 is 0 Å². The highest BCUT2D eigenvalue weighted by molar-refractivity contribution is 5.06. The van der Waals surface area contributed by atoms with Gasteiger partial charge in [-0.25, -0.2) is 0 Å². The molecule has 1 unspecified atom stereocenters. The van der Waals surface area contributed by atoms with Crippen LogP contribution in [0, 0.1) is 0 Å². The van der Waals surface area contributed by atoms with E-state index >= 15 is 0 Å². The molecule has 0 saturated carbocycles. The second kappa shape index (κ2) is 6.61. The minimum absolute atomic E-state index is 0.0555. The molecule has 86 valence electrons. The molecule has 1 heterocycles. The van der Waals surface area contributed by atoms with Crippen LogP contribution < -0.4 is 5.32 Å². The van der Waals surface area contributed by atoms with Gasteiger partial charge in [-0.15, -0.1) is 0 Å². The van der Waals surface area contributed by atoms with Crippen LogP contribution in [0.25, 0.3) is 0 Å². The van der Waals surface area contributed by atoms with E-state index in [1.165, 1.54) is 0 Å². The fourth-order valence-corrected chi connectivity index (χ4v) is 1.38. The molecule has 15 heavy (non-hydrogen) atoms. The normalized spacial score (nSPS) is 13.0. The molecule has 0 radical (unpaired) electrons. The second-order valence-electron chi connectivity index (χ2n) is 3.67. The Morgan fingerprint density at radius 2 is 2.07 bits per heavy atom. The first-order chi connectivity index (χ1) is 7.26. The monoisotopic (exact) mass is 213 g/mol. The summed E-state index contributed by atoms with van der Waals surface area (Å²) in [5, 5.41) is 20.7. The lowest BCUT2D eigenvalue weighted by molar-refractivity contribution is 0.241. The molecule has 4 nitrogen and oxygen atoms in total. The summed E-state index contributed by atoms with van der Waals surface area (Å²) in [5.41, 5.74) is 0. The molecule has 0 aromatic carbocycles. The first-order valence-electron chi connectivity index (χ1n) is 5.29. The van der Waals surface area contributed by atoms with Crippen molar-refractivity contribution >= 4 is 0 Å². The molecule has 1 rings (SSSR count). The molecule has 0 fully saturated rings. The van der Waals surface area contributed by atoms with Gasteiger partial charge in [-0.3, -0.25) is 0 Å². The molecular weight excluding hydrogens is 194 g/mol. The van der Waals surface area contributed by atoms with Crippen LogP contribution in [0.3, 0.4) is 0 Å². The first kappa shape index (κ1) is 12.2. The zero-order valence-electron chi connectivity index (χ0n) is 9.07. The van der Waals surface area contributed by atoms with Crippen molar-refractivity contribution < 1.29 is 14.6 Å². The zero-order valence-corrected chi connectivity index (χ0v) is 9.07. The van der Waals surface area contributed by atoms with E-state index in [-0.39, 0.29) is 13.2 Å². The fraction of sp³-hybridized carbons (Fsp3) is 0.636. The Labute approximate surface area is 89.9 Å². The average molecular weight is 213 g/mol. The van der Waals surface area contributed by atoms with E-state index in [0.29, 0.717) is 18.3 Å². The molecule has 4 heteroatoms. The lowest BCUT2D eigenvalue weighted by Crippen LogP contribution is -2.25. The van der Waals surface area contributed by atoms with E-state index < -0.39 is 0 Å². The molecule has 0 saturated heterocycles. The average Bonchev–Trinajstić information content (AvgIpc) is 2.71. The van der Waals surface area contributed by atoms with Crippen LogP contribution in [0.2, 0.25) is 0 Å². The zero-order chi connectivity index (χ0) is 11.1. The quantitative estimate of drug-likeness (QED) is 0.632. The van der Waals surface area contributed by atoms with Crippen molar-refractivity contribution in [3.63, 3.8) is 0 Å². The summed E-state index contributed by atoms with van der Waals surface area (Å²) in [7, 11) is 0. The van der Waals surface area contributed by atoms with Crippen molar-refractivity contribution in [1.82, 2.24) is 5.32 Å². The van der Waals surface area contributed by atoms with Crippen molar-refractivity contribution in [2.24, 2.45) is 0 Å². The Morgan fingerprint density at radius 1 is 1.33 bits per heavy atom. The molecule has 0 bridgehead atoms. The SMILES string of the molecule is CC(CCCO)NCc1ccc(CO)o1.